The molecule has 0 bridgehead atoms. The minimum absolute atomic E-state index is 0.202. The Balaban J connectivity index is 1.83. The Hall–Kier alpha value is -1.61. The number of fused-ring (bicyclic) bond motifs is 1. The van der Waals surface area contributed by atoms with Crippen LogP contribution in [-0.4, -0.2) is 15.2 Å². The summed E-state index contributed by atoms with van der Waals surface area (Å²) in [6.07, 6.45) is -4.38. The van der Waals surface area contributed by atoms with Crippen molar-refractivity contribution in [3.63, 3.8) is 0 Å². The molecule has 0 aliphatic heterocycles. The van der Waals surface area contributed by atoms with Gasteiger partial charge in [-0.1, -0.05) is 23.1 Å². The fourth-order valence-electron chi connectivity index (χ4n) is 1.56. The largest absolute Gasteiger partial charge is 0.440 e. The molecule has 0 atom stereocenters. The first-order chi connectivity index (χ1) is 9.52. The van der Waals surface area contributed by atoms with Gasteiger partial charge in [-0.25, -0.2) is 4.98 Å². The van der Waals surface area contributed by atoms with Crippen molar-refractivity contribution in [2.45, 2.75) is 16.3 Å². The number of hydrogen-bond donors (Lipinski definition) is 0. The molecule has 0 spiro atoms. The van der Waals surface area contributed by atoms with Crippen LogP contribution < -0.4 is 0 Å². The quantitative estimate of drug-likeness (QED) is 0.684. The van der Waals surface area contributed by atoms with Gasteiger partial charge in [-0.2, -0.15) is 13.2 Å². The smallest absolute Gasteiger partial charge is 0.416 e. The first-order valence-corrected chi connectivity index (χ1v) is 7.24. The number of nitrogens with zero attached hydrogens (tertiary/aromatic N) is 3. The lowest BCUT2D eigenvalue weighted by Crippen LogP contribution is -2.03. The van der Waals surface area contributed by atoms with Crippen LogP contribution in [0.3, 0.4) is 0 Å². The van der Waals surface area contributed by atoms with Crippen LogP contribution in [0.2, 0.25) is 0 Å². The maximum atomic E-state index is 12.6. The Morgan fingerprint density at radius 2 is 2.15 bits per heavy atom. The molecule has 0 saturated carbocycles. The molecule has 104 valence electrons. The molecule has 9 heteroatoms. The molecule has 3 rings (SSSR count). The number of halogens is 3. The van der Waals surface area contributed by atoms with Gasteiger partial charge in [0.15, 0.2) is 9.92 Å². The van der Waals surface area contributed by atoms with Crippen molar-refractivity contribution in [1.82, 2.24) is 15.2 Å². The van der Waals surface area contributed by atoms with Crippen molar-refractivity contribution in [1.29, 1.82) is 0 Å². The number of rotatable bonds is 3. The van der Waals surface area contributed by atoms with Gasteiger partial charge in [0.2, 0.25) is 5.89 Å². The lowest BCUT2D eigenvalue weighted by atomic mass is 10.2. The summed E-state index contributed by atoms with van der Waals surface area (Å²) < 4.78 is 43.9. The molecule has 2 aromatic heterocycles. The van der Waals surface area contributed by atoms with Gasteiger partial charge in [-0.05, 0) is 18.2 Å². The van der Waals surface area contributed by atoms with Crippen molar-refractivity contribution in [2.75, 3.05) is 0 Å². The fraction of sp³-hybridized carbons (Fsp3) is 0.182. The lowest BCUT2D eigenvalue weighted by molar-refractivity contribution is -0.137. The number of benzene rings is 1. The minimum atomic E-state index is -4.38. The summed E-state index contributed by atoms with van der Waals surface area (Å²) in [6.45, 7) is 0. The summed E-state index contributed by atoms with van der Waals surface area (Å²) in [6, 6.07) is 3.25. The minimum Gasteiger partial charge on any atom is -0.440 e. The van der Waals surface area contributed by atoms with E-state index < -0.39 is 11.7 Å². The van der Waals surface area contributed by atoms with E-state index in [-0.39, 0.29) is 5.52 Å². The second-order valence-corrected chi connectivity index (χ2v) is 5.84. The molecular weight excluding hydrogens is 311 g/mol. The van der Waals surface area contributed by atoms with Crippen LogP contribution in [0.5, 0.6) is 0 Å². The van der Waals surface area contributed by atoms with E-state index in [4.69, 9.17) is 4.42 Å². The molecule has 0 aliphatic carbocycles. The third kappa shape index (κ3) is 2.78. The van der Waals surface area contributed by atoms with Crippen LogP contribution in [0.25, 0.3) is 11.1 Å². The summed E-state index contributed by atoms with van der Waals surface area (Å²) in [7, 11) is 0. The van der Waals surface area contributed by atoms with Gasteiger partial charge in [0, 0.05) is 0 Å². The van der Waals surface area contributed by atoms with E-state index in [1.807, 2.05) is 0 Å². The number of oxazole rings is 1. The molecule has 0 saturated heterocycles. The second-order valence-electron chi connectivity index (χ2n) is 3.78. The van der Waals surface area contributed by atoms with Gasteiger partial charge < -0.3 is 4.42 Å². The molecule has 2 heterocycles. The first kappa shape index (κ1) is 13.4. The maximum Gasteiger partial charge on any atom is 0.416 e. The van der Waals surface area contributed by atoms with E-state index in [9.17, 15) is 13.2 Å². The van der Waals surface area contributed by atoms with Gasteiger partial charge in [0.1, 0.15) is 11.0 Å². The Kier molecular flexibility index (Phi) is 3.38. The molecule has 20 heavy (non-hydrogen) atoms. The zero-order chi connectivity index (χ0) is 14.2. The van der Waals surface area contributed by atoms with E-state index in [2.05, 4.69) is 15.2 Å². The third-order valence-corrected chi connectivity index (χ3v) is 4.26. The van der Waals surface area contributed by atoms with Crippen LogP contribution in [0, 0.1) is 0 Å². The summed E-state index contributed by atoms with van der Waals surface area (Å²) in [5, 5.41) is 7.53. The second kappa shape index (κ2) is 5.06. The normalized spacial score (nSPS) is 12.2. The summed E-state index contributed by atoms with van der Waals surface area (Å²) >= 11 is 2.75. The van der Waals surface area contributed by atoms with E-state index in [1.54, 1.807) is 5.51 Å². The predicted octanol–water partition coefficient (Wildman–Crippen LogP) is 3.99. The molecule has 0 N–H and O–H groups in total. The van der Waals surface area contributed by atoms with Gasteiger partial charge >= 0.3 is 6.18 Å². The first-order valence-electron chi connectivity index (χ1n) is 5.38. The molecule has 1 aromatic carbocycles. The van der Waals surface area contributed by atoms with E-state index in [1.165, 1.54) is 29.2 Å². The maximum absolute atomic E-state index is 12.6. The fourth-order valence-corrected chi connectivity index (χ4v) is 2.89. The summed E-state index contributed by atoms with van der Waals surface area (Å²) in [5.74, 6) is 0.755. The number of aromatic nitrogens is 3. The molecule has 4 nitrogen and oxygen atoms in total. The van der Waals surface area contributed by atoms with Crippen LogP contribution >= 0.6 is 23.1 Å². The zero-order valence-electron chi connectivity index (χ0n) is 9.72. The van der Waals surface area contributed by atoms with Gasteiger partial charge in [-0.15, -0.1) is 10.2 Å². The molecule has 0 amide bonds. The number of thioether (sulfide) groups is 1. The van der Waals surface area contributed by atoms with Gasteiger partial charge in [0.05, 0.1) is 11.3 Å². The summed E-state index contributed by atoms with van der Waals surface area (Å²) in [4.78, 5) is 4.06. The van der Waals surface area contributed by atoms with Crippen LogP contribution in [0.15, 0.2) is 32.5 Å². The SMILES string of the molecule is FC(F)(F)c1ccc2oc(CSc3nncs3)nc2c1. The van der Waals surface area contributed by atoms with E-state index in [0.717, 1.165) is 16.5 Å². The van der Waals surface area contributed by atoms with Crippen LogP contribution in [-0.2, 0) is 11.9 Å². The topological polar surface area (TPSA) is 51.8 Å². The van der Waals surface area contributed by atoms with E-state index in [0.29, 0.717) is 17.2 Å². The van der Waals surface area contributed by atoms with Crippen molar-refractivity contribution in [3.8, 4) is 0 Å². The highest BCUT2D eigenvalue weighted by Gasteiger charge is 2.31. The predicted molar refractivity (Wildman–Crippen MR) is 68.5 cm³/mol. The van der Waals surface area contributed by atoms with E-state index >= 15 is 0 Å². The third-order valence-electron chi connectivity index (χ3n) is 2.42. The highest BCUT2D eigenvalue weighted by molar-refractivity contribution is 8.00. The zero-order valence-corrected chi connectivity index (χ0v) is 11.3. The Bertz CT molecular complexity index is 724. The van der Waals surface area contributed by atoms with Crippen molar-refractivity contribution < 1.29 is 17.6 Å². The number of alkyl halides is 3. The van der Waals surface area contributed by atoms with Crippen molar-refractivity contribution in [2.24, 2.45) is 0 Å². The highest BCUT2D eigenvalue weighted by atomic mass is 32.2. The Morgan fingerprint density at radius 1 is 1.30 bits per heavy atom. The average molecular weight is 317 g/mol. The van der Waals surface area contributed by atoms with Crippen molar-refractivity contribution >= 4 is 34.2 Å². The lowest BCUT2D eigenvalue weighted by Gasteiger charge is -2.04. The molecular formula is C11H6F3N3OS2. The average Bonchev–Trinajstić information content (AvgIpc) is 3.03. The van der Waals surface area contributed by atoms with Crippen LogP contribution in [0.1, 0.15) is 11.5 Å². The standard InChI is InChI=1S/C11H6F3N3OS2/c12-11(13,14)6-1-2-8-7(3-6)16-9(18-8)4-19-10-17-15-5-20-10/h1-3,5H,4H2. The molecule has 0 aliphatic rings. The monoisotopic (exact) mass is 317 g/mol. The molecule has 0 unspecified atom stereocenters. The molecule has 0 fully saturated rings. The summed E-state index contributed by atoms with van der Waals surface area (Å²) in [5.41, 5.74) is 1.41. The van der Waals surface area contributed by atoms with Gasteiger partial charge in [0.25, 0.3) is 0 Å². The number of hydrogen-bond acceptors (Lipinski definition) is 6. The molecule has 0 radical (unpaired) electrons. The Labute approximate surface area is 119 Å². The van der Waals surface area contributed by atoms with Gasteiger partial charge in [-0.3, -0.25) is 0 Å². The van der Waals surface area contributed by atoms with Crippen LogP contribution in [0.4, 0.5) is 13.2 Å². The van der Waals surface area contributed by atoms with Crippen molar-refractivity contribution in [3.05, 3.63) is 35.2 Å². The highest BCUT2D eigenvalue weighted by Crippen LogP contribution is 2.32. The molecule has 3 aromatic rings. The Morgan fingerprint density at radius 3 is 2.85 bits per heavy atom.